The van der Waals surface area contributed by atoms with Crippen LogP contribution >= 0.6 is 0 Å². The van der Waals surface area contributed by atoms with E-state index in [1.54, 1.807) is 13.8 Å². The van der Waals surface area contributed by atoms with Crippen molar-refractivity contribution in [2.75, 3.05) is 20.1 Å². The van der Waals surface area contributed by atoms with Gasteiger partial charge in [0.15, 0.2) is 0 Å². The summed E-state index contributed by atoms with van der Waals surface area (Å²) in [7, 11) is 1.53. The van der Waals surface area contributed by atoms with Crippen molar-refractivity contribution in [3.8, 4) is 0 Å². The summed E-state index contributed by atoms with van der Waals surface area (Å²) < 4.78 is 11.9. The van der Waals surface area contributed by atoms with E-state index in [0.29, 0.717) is 25.7 Å². The van der Waals surface area contributed by atoms with E-state index in [0.717, 1.165) is 50.5 Å². The van der Waals surface area contributed by atoms with E-state index in [9.17, 15) is 38.7 Å². The molecule has 0 radical (unpaired) electrons. The van der Waals surface area contributed by atoms with Crippen LogP contribution in [0.1, 0.15) is 117 Å². The molecular weight excluding hydrogens is 761 g/mol. The second-order valence-corrected chi connectivity index (χ2v) is 16.5. The molecule has 1 heterocycles. The number of unbranched alkanes of at least 4 members (excludes halogenated alkanes) is 3. The van der Waals surface area contributed by atoms with Gasteiger partial charge < -0.3 is 46.1 Å². The lowest BCUT2D eigenvalue weighted by molar-refractivity contribution is -0.158. The van der Waals surface area contributed by atoms with Gasteiger partial charge >= 0.3 is 12.1 Å². The third-order valence-electron chi connectivity index (χ3n) is 11.2. The van der Waals surface area contributed by atoms with Crippen LogP contribution in [0.2, 0.25) is 0 Å². The lowest BCUT2D eigenvalue weighted by Crippen LogP contribution is -2.63. The fourth-order valence-corrected chi connectivity index (χ4v) is 7.68. The molecule has 3 rings (SSSR count). The van der Waals surface area contributed by atoms with Crippen LogP contribution in [0.4, 0.5) is 4.79 Å². The molecule has 0 spiro atoms. The second kappa shape index (κ2) is 25.0. The molecule has 6 N–H and O–H groups in total. The molecule has 1 aromatic rings. The van der Waals surface area contributed by atoms with Gasteiger partial charge in [-0.3, -0.25) is 28.8 Å². The van der Waals surface area contributed by atoms with Crippen molar-refractivity contribution in [2.24, 2.45) is 17.8 Å². The highest BCUT2D eigenvalue weighted by Crippen LogP contribution is 2.27. The number of carbonyl (C=O) groups excluding carboxylic acids is 6. The molecule has 1 saturated heterocycles. The third kappa shape index (κ3) is 16.1. The summed E-state index contributed by atoms with van der Waals surface area (Å²) in [6, 6.07) is 4.07. The Hall–Kier alpha value is -4.73. The first-order chi connectivity index (χ1) is 28.1. The molecule has 16 nitrogen and oxygen atoms in total. The number of carboxylic acid groups (broad SMARTS) is 1. The van der Waals surface area contributed by atoms with Gasteiger partial charge in [-0.15, -0.1) is 0 Å². The Kier molecular flexibility index (Phi) is 20.6. The maximum Gasteiger partial charge on any atom is 0.404 e. The number of likely N-dealkylation sites (N-methyl/N-ethyl adjacent to an activating group) is 1. The highest BCUT2D eigenvalue weighted by Gasteiger charge is 2.40. The lowest BCUT2D eigenvalue weighted by atomic mass is 9.90. The second-order valence-electron chi connectivity index (χ2n) is 16.5. The zero-order valence-corrected chi connectivity index (χ0v) is 35.8. The molecule has 1 aliphatic heterocycles. The predicted molar refractivity (Wildman–Crippen MR) is 221 cm³/mol. The zero-order valence-electron chi connectivity index (χ0n) is 35.8. The van der Waals surface area contributed by atoms with Crippen LogP contribution in [0.25, 0.3) is 0 Å². The quantitative estimate of drug-likeness (QED) is 0.0905. The minimum absolute atomic E-state index is 0.0310. The predicted octanol–water partition coefficient (Wildman–Crippen LogP) is 3.81. The number of amides is 6. The maximum atomic E-state index is 14.4. The summed E-state index contributed by atoms with van der Waals surface area (Å²) in [4.78, 5) is 97.4. The molecule has 1 aromatic carbocycles. The minimum Gasteiger partial charge on any atom is -0.465 e. The van der Waals surface area contributed by atoms with Crippen molar-refractivity contribution in [1.29, 1.82) is 0 Å². The van der Waals surface area contributed by atoms with E-state index in [-0.39, 0.29) is 24.9 Å². The molecule has 59 heavy (non-hydrogen) atoms. The number of rotatable bonds is 14. The van der Waals surface area contributed by atoms with Crippen molar-refractivity contribution in [2.45, 2.75) is 155 Å². The van der Waals surface area contributed by atoms with E-state index >= 15 is 0 Å². The minimum atomic E-state index is -1.53. The number of cyclic esters (lactones) is 1. The van der Waals surface area contributed by atoms with Gasteiger partial charge in [0.05, 0.1) is 25.2 Å². The molecule has 2 fully saturated rings. The first-order valence-corrected chi connectivity index (χ1v) is 21.4. The van der Waals surface area contributed by atoms with Crippen LogP contribution in [-0.2, 0) is 44.8 Å². The summed E-state index contributed by atoms with van der Waals surface area (Å²) in [6.45, 7) is 8.05. The van der Waals surface area contributed by atoms with E-state index in [1.807, 2.05) is 44.2 Å². The van der Waals surface area contributed by atoms with Gasteiger partial charge in [-0.1, -0.05) is 103 Å². The van der Waals surface area contributed by atoms with Gasteiger partial charge in [-0.25, -0.2) is 4.79 Å². The zero-order chi connectivity index (χ0) is 43.5. The Bertz CT molecular complexity index is 1540. The molecule has 16 heteroatoms. The Morgan fingerprint density at radius 1 is 0.898 bits per heavy atom. The molecule has 330 valence electrons. The molecule has 7 atom stereocenters. The average Bonchev–Trinajstić information content (AvgIpc) is 3.50. The van der Waals surface area contributed by atoms with Gasteiger partial charge in [0.25, 0.3) is 0 Å². The van der Waals surface area contributed by atoms with Crippen LogP contribution in [0.5, 0.6) is 0 Å². The number of esters is 1. The summed E-state index contributed by atoms with van der Waals surface area (Å²) in [6.07, 6.45) is 5.57. The van der Waals surface area contributed by atoms with Crippen LogP contribution in [0, 0.1) is 17.8 Å². The average molecular weight is 829 g/mol. The molecule has 2 aliphatic rings. The van der Waals surface area contributed by atoms with Gasteiger partial charge in [0, 0.05) is 7.05 Å². The van der Waals surface area contributed by atoms with Crippen LogP contribution in [-0.4, -0.2) is 108 Å². The third-order valence-corrected chi connectivity index (χ3v) is 11.2. The lowest BCUT2D eigenvalue weighted by Gasteiger charge is -2.35. The van der Waals surface area contributed by atoms with E-state index < -0.39 is 97.0 Å². The summed E-state index contributed by atoms with van der Waals surface area (Å²) in [5.41, 5.74) is 0.795. The number of ether oxygens (including phenoxy) is 2. The number of carbonyl (C=O) groups is 7. The molecule has 1 saturated carbocycles. The Morgan fingerprint density at radius 2 is 1.58 bits per heavy atom. The van der Waals surface area contributed by atoms with Crippen molar-refractivity contribution < 1.29 is 48.1 Å². The summed E-state index contributed by atoms with van der Waals surface area (Å²) >= 11 is 0. The number of hydrogen-bond acceptors (Lipinski definition) is 9. The fourth-order valence-electron chi connectivity index (χ4n) is 7.68. The Morgan fingerprint density at radius 3 is 2.20 bits per heavy atom. The van der Waals surface area contributed by atoms with Gasteiger partial charge in [-0.05, 0) is 56.4 Å². The highest BCUT2D eigenvalue weighted by molar-refractivity contribution is 5.96. The smallest absolute Gasteiger partial charge is 0.404 e. The van der Waals surface area contributed by atoms with Crippen molar-refractivity contribution >= 4 is 41.6 Å². The first-order valence-electron chi connectivity index (χ1n) is 21.4. The fraction of sp³-hybridized carbons (Fsp3) is 0.698. The van der Waals surface area contributed by atoms with Gasteiger partial charge in [0.1, 0.15) is 36.8 Å². The molecule has 0 aromatic heterocycles. The standard InChI is InChI=1S/C43H68N6O10/c1-7-8-9-17-22-34-28(4)42(55)49(6)33(23-27(2)3)39(52)48-37(31-20-15-10-11-16-21-31)41(54)46-32(24-45-43(56)57)38(51)47-36(40(53)44-25-35(50)59-34)29(5)58-26-30-18-13-12-14-19-30/h12-14,18-19,27-29,31-34,36-37,45H,7-11,15-17,20-26H2,1-6H3,(H,44,53)(H,46,54)(H,47,51)(H,48,52)(H,56,57)/t28-,29+,32+,33+,34-,36+,37+/m1/s1. The van der Waals surface area contributed by atoms with Crippen molar-refractivity contribution in [3.05, 3.63) is 35.9 Å². The van der Waals surface area contributed by atoms with E-state index in [4.69, 9.17) is 9.47 Å². The summed E-state index contributed by atoms with van der Waals surface area (Å²) in [5, 5.41) is 22.4. The highest BCUT2D eigenvalue weighted by atomic mass is 16.5. The normalized spacial score (nSPS) is 25.6. The topological polar surface area (TPSA) is 222 Å². The monoisotopic (exact) mass is 828 g/mol. The molecule has 6 amide bonds. The number of benzene rings is 1. The van der Waals surface area contributed by atoms with E-state index in [1.165, 1.54) is 11.9 Å². The summed E-state index contributed by atoms with van der Waals surface area (Å²) in [5.74, 6) is -5.39. The number of nitrogens with zero attached hydrogens (tertiary/aromatic N) is 1. The van der Waals surface area contributed by atoms with Crippen molar-refractivity contribution in [1.82, 2.24) is 31.5 Å². The Balaban J connectivity index is 2.10. The first kappa shape index (κ1) is 48.6. The van der Waals surface area contributed by atoms with Crippen LogP contribution in [0.3, 0.4) is 0 Å². The molecule has 0 bridgehead atoms. The molecule has 0 unspecified atom stereocenters. The van der Waals surface area contributed by atoms with Gasteiger partial charge in [0.2, 0.25) is 29.5 Å². The molecular formula is C43H68N6O10. The Labute approximate surface area is 349 Å². The molecule has 1 aliphatic carbocycles. The van der Waals surface area contributed by atoms with E-state index in [2.05, 4.69) is 33.5 Å². The maximum absolute atomic E-state index is 14.4. The number of hydrogen-bond donors (Lipinski definition) is 6. The van der Waals surface area contributed by atoms with Crippen LogP contribution in [0.15, 0.2) is 30.3 Å². The van der Waals surface area contributed by atoms with Gasteiger partial charge in [-0.2, -0.15) is 0 Å². The SMILES string of the molecule is CCCCCC[C@H]1OC(=O)CNC(=O)[C@H]([C@H](C)OCc2ccccc2)NC(=O)[C@H](CNC(=O)O)NC(=O)[C@H](C2CCCCCC2)NC(=O)[C@H](CC(C)C)N(C)C(=O)[C@@H]1C. The van der Waals surface area contributed by atoms with Crippen molar-refractivity contribution in [3.63, 3.8) is 0 Å². The number of nitrogens with one attached hydrogen (secondary N) is 5. The largest absolute Gasteiger partial charge is 0.465 e. The van der Waals surface area contributed by atoms with Crippen LogP contribution < -0.4 is 26.6 Å².